The fraction of sp³-hybridized carbons (Fsp3) is 0.538. The molecule has 1 aromatic rings. The summed E-state index contributed by atoms with van der Waals surface area (Å²) in [4.78, 5) is 23.5. The number of amides is 1. The number of hydrogen-bond donors (Lipinski definition) is 1. The summed E-state index contributed by atoms with van der Waals surface area (Å²) in [6, 6.07) is -0.108. The lowest BCUT2D eigenvalue weighted by molar-refractivity contribution is -0.122. The van der Waals surface area contributed by atoms with Crippen molar-refractivity contribution in [2.24, 2.45) is 0 Å². The van der Waals surface area contributed by atoms with Gasteiger partial charge in [-0.15, -0.1) is 5.10 Å². The maximum atomic E-state index is 11.8. The van der Waals surface area contributed by atoms with E-state index in [1.165, 1.54) is 10.8 Å². The molecule has 0 fully saturated rings. The quantitative estimate of drug-likeness (QED) is 0.539. The Bertz CT molecular complexity index is 512. The Balaban J connectivity index is 2.65. The van der Waals surface area contributed by atoms with Gasteiger partial charge in [-0.05, 0) is 13.8 Å². The molecule has 0 aliphatic carbocycles. The fourth-order valence-corrected chi connectivity index (χ4v) is 1.65. The minimum atomic E-state index is -0.591. The summed E-state index contributed by atoms with van der Waals surface area (Å²) in [5, 5.41) is 10.3. The SMILES string of the molecule is C=CCOC(=O)c1nnn(CC(=O)NC(C)COC)c1C. The van der Waals surface area contributed by atoms with E-state index in [9.17, 15) is 9.59 Å². The molecule has 0 saturated carbocycles. The van der Waals surface area contributed by atoms with Gasteiger partial charge in [0.1, 0.15) is 13.2 Å². The number of aromatic nitrogens is 3. The Morgan fingerprint density at radius 3 is 2.86 bits per heavy atom. The van der Waals surface area contributed by atoms with E-state index in [2.05, 4.69) is 22.2 Å². The van der Waals surface area contributed by atoms with Crippen LogP contribution >= 0.6 is 0 Å². The van der Waals surface area contributed by atoms with Crippen molar-refractivity contribution in [2.75, 3.05) is 20.3 Å². The molecule has 0 saturated heterocycles. The normalized spacial score (nSPS) is 11.8. The number of ether oxygens (including phenoxy) is 2. The number of hydrogen-bond acceptors (Lipinski definition) is 6. The summed E-state index contributed by atoms with van der Waals surface area (Å²) in [7, 11) is 1.56. The summed E-state index contributed by atoms with van der Waals surface area (Å²) < 4.78 is 11.2. The third-order valence-electron chi connectivity index (χ3n) is 2.63. The molecule has 1 heterocycles. The third-order valence-corrected chi connectivity index (χ3v) is 2.63. The van der Waals surface area contributed by atoms with Crippen molar-refractivity contribution in [2.45, 2.75) is 26.4 Å². The van der Waals surface area contributed by atoms with Crippen molar-refractivity contribution >= 4 is 11.9 Å². The largest absolute Gasteiger partial charge is 0.457 e. The highest BCUT2D eigenvalue weighted by atomic mass is 16.5. The molecular weight excluding hydrogens is 276 g/mol. The van der Waals surface area contributed by atoms with Gasteiger partial charge in [0.25, 0.3) is 0 Å². The van der Waals surface area contributed by atoms with Crippen LogP contribution in [0.4, 0.5) is 0 Å². The average Bonchev–Trinajstić information content (AvgIpc) is 2.77. The Kier molecular flexibility index (Phi) is 6.54. The molecule has 0 aliphatic rings. The second-order valence-electron chi connectivity index (χ2n) is 4.49. The Morgan fingerprint density at radius 2 is 2.24 bits per heavy atom. The summed E-state index contributed by atoms with van der Waals surface area (Å²) in [5.74, 6) is -0.828. The highest BCUT2D eigenvalue weighted by Gasteiger charge is 2.19. The van der Waals surface area contributed by atoms with Gasteiger partial charge >= 0.3 is 5.97 Å². The Labute approximate surface area is 123 Å². The van der Waals surface area contributed by atoms with Crippen LogP contribution in [0.5, 0.6) is 0 Å². The van der Waals surface area contributed by atoms with Crippen molar-refractivity contribution < 1.29 is 19.1 Å². The molecule has 21 heavy (non-hydrogen) atoms. The van der Waals surface area contributed by atoms with E-state index in [1.807, 2.05) is 6.92 Å². The Morgan fingerprint density at radius 1 is 1.52 bits per heavy atom. The molecule has 0 spiro atoms. The topological polar surface area (TPSA) is 95.3 Å². The first-order valence-electron chi connectivity index (χ1n) is 6.46. The lowest BCUT2D eigenvalue weighted by Crippen LogP contribution is -2.38. The molecule has 8 heteroatoms. The van der Waals surface area contributed by atoms with Gasteiger partial charge in [0.15, 0.2) is 5.69 Å². The van der Waals surface area contributed by atoms with Crippen LogP contribution in [-0.4, -0.2) is 53.2 Å². The second-order valence-corrected chi connectivity index (χ2v) is 4.49. The summed E-state index contributed by atoms with van der Waals surface area (Å²) in [6.07, 6.45) is 1.46. The van der Waals surface area contributed by atoms with E-state index in [1.54, 1.807) is 14.0 Å². The molecular formula is C13H20N4O4. The van der Waals surface area contributed by atoms with Crippen molar-refractivity contribution in [3.63, 3.8) is 0 Å². The van der Waals surface area contributed by atoms with Crippen LogP contribution < -0.4 is 5.32 Å². The van der Waals surface area contributed by atoms with Gasteiger partial charge in [-0.2, -0.15) is 0 Å². The molecule has 1 atom stereocenters. The predicted octanol–water partition coefficient (Wildman–Crippen LogP) is 0.0804. The predicted molar refractivity (Wildman–Crippen MR) is 74.7 cm³/mol. The number of nitrogens with one attached hydrogen (secondary N) is 1. The molecule has 1 unspecified atom stereocenters. The van der Waals surface area contributed by atoms with E-state index >= 15 is 0 Å². The molecule has 0 radical (unpaired) electrons. The maximum Gasteiger partial charge on any atom is 0.361 e. The zero-order valence-electron chi connectivity index (χ0n) is 12.5. The van der Waals surface area contributed by atoms with E-state index < -0.39 is 5.97 Å². The van der Waals surface area contributed by atoms with Crippen LogP contribution in [0.25, 0.3) is 0 Å². The molecule has 1 amide bonds. The van der Waals surface area contributed by atoms with Crippen LogP contribution in [0.15, 0.2) is 12.7 Å². The third kappa shape index (κ3) is 4.99. The highest BCUT2D eigenvalue weighted by molar-refractivity contribution is 5.88. The molecule has 0 aliphatic heterocycles. The van der Waals surface area contributed by atoms with Gasteiger partial charge in [-0.3, -0.25) is 4.79 Å². The van der Waals surface area contributed by atoms with Gasteiger partial charge in [0, 0.05) is 13.2 Å². The van der Waals surface area contributed by atoms with Gasteiger partial charge in [0.2, 0.25) is 5.91 Å². The number of rotatable bonds is 8. The van der Waals surface area contributed by atoms with Crippen LogP contribution in [0.1, 0.15) is 23.1 Å². The molecule has 8 nitrogen and oxygen atoms in total. The molecule has 1 aromatic heterocycles. The van der Waals surface area contributed by atoms with Gasteiger partial charge in [-0.25, -0.2) is 9.48 Å². The second kappa shape index (κ2) is 8.15. The molecule has 0 aromatic carbocycles. The van der Waals surface area contributed by atoms with Crippen molar-refractivity contribution in [1.29, 1.82) is 0 Å². The zero-order valence-corrected chi connectivity index (χ0v) is 12.5. The van der Waals surface area contributed by atoms with E-state index in [-0.39, 0.29) is 30.8 Å². The number of carbonyl (C=O) groups excluding carboxylic acids is 2. The van der Waals surface area contributed by atoms with E-state index in [4.69, 9.17) is 9.47 Å². The smallest absolute Gasteiger partial charge is 0.361 e. The molecule has 1 N–H and O–H groups in total. The number of esters is 1. The summed E-state index contributed by atoms with van der Waals surface area (Å²) in [5.41, 5.74) is 0.563. The van der Waals surface area contributed by atoms with Crippen LogP contribution in [0.2, 0.25) is 0 Å². The van der Waals surface area contributed by atoms with Gasteiger partial charge < -0.3 is 14.8 Å². The van der Waals surface area contributed by atoms with Crippen LogP contribution in [-0.2, 0) is 20.8 Å². The molecule has 0 bridgehead atoms. The average molecular weight is 296 g/mol. The summed E-state index contributed by atoms with van der Waals surface area (Å²) >= 11 is 0. The number of methoxy groups -OCH3 is 1. The minimum absolute atomic E-state index is 0.0262. The van der Waals surface area contributed by atoms with E-state index in [0.29, 0.717) is 12.3 Å². The van der Waals surface area contributed by atoms with Crippen LogP contribution in [0, 0.1) is 6.92 Å². The summed E-state index contributed by atoms with van der Waals surface area (Å²) in [6.45, 7) is 7.42. The van der Waals surface area contributed by atoms with Crippen molar-refractivity contribution in [1.82, 2.24) is 20.3 Å². The number of carbonyl (C=O) groups is 2. The standard InChI is InChI=1S/C13H20N4O4/c1-5-6-21-13(19)12-10(3)17(16-15-12)7-11(18)14-9(2)8-20-4/h5,9H,1,6-8H2,2-4H3,(H,14,18). The first kappa shape index (κ1) is 16.8. The monoisotopic (exact) mass is 296 g/mol. The molecule has 1 rings (SSSR count). The van der Waals surface area contributed by atoms with Crippen LogP contribution in [0.3, 0.4) is 0 Å². The zero-order chi connectivity index (χ0) is 15.8. The first-order chi connectivity index (χ1) is 9.99. The lowest BCUT2D eigenvalue weighted by Gasteiger charge is -2.12. The van der Waals surface area contributed by atoms with E-state index in [0.717, 1.165) is 0 Å². The fourth-order valence-electron chi connectivity index (χ4n) is 1.65. The maximum absolute atomic E-state index is 11.8. The van der Waals surface area contributed by atoms with Crippen molar-refractivity contribution in [3.8, 4) is 0 Å². The van der Waals surface area contributed by atoms with Gasteiger partial charge in [0.05, 0.1) is 12.3 Å². The number of nitrogens with zero attached hydrogens (tertiary/aromatic N) is 3. The highest BCUT2D eigenvalue weighted by Crippen LogP contribution is 2.05. The van der Waals surface area contributed by atoms with Crippen molar-refractivity contribution in [3.05, 3.63) is 24.0 Å². The Hall–Kier alpha value is -2.22. The first-order valence-corrected chi connectivity index (χ1v) is 6.46. The molecule has 116 valence electrons. The lowest BCUT2D eigenvalue weighted by atomic mass is 10.3. The minimum Gasteiger partial charge on any atom is -0.457 e. The van der Waals surface area contributed by atoms with Gasteiger partial charge in [-0.1, -0.05) is 17.9 Å².